The highest BCUT2D eigenvalue weighted by Gasteiger charge is 2.39. The Kier molecular flexibility index (Phi) is 4.17. The molecule has 3 aliphatic rings. The van der Waals surface area contributed by atoms with Crippen LogP contribution in [-0.4, -0.2) is 54.5 Å². The summed E-state index contributed by atoms with van der Waals surface area (Å²) in [6.07, 6.45) is 6.29. The van der Waals surface area contributed by atoms with E-state index in [2.05, 4.69) is 10.2 Å². The summed E-state index contributed by atoms with van der Waals surface area (Å²) in [6.45, 7) is 2.00. The van der Waals surface area contributed by atoms with Gasteiger partial charge < -0.3 is 15.2 Å². The third-order valence-corrected chi connectivity index (χ3v) is 4.88. The molecule has 3 rings (SSSR count). The van der Waals surface area contributed by atoms with Gasteiger partial charge in [-0.15, -0.1) is 0 Å². The number of hydrogen-bond acceptors (Lipinski definition) is 4. The monoisotopic (exact) mass is 282 g/mol. The number of aliphatic hydroxyl groups excluding tert-OH is 1. The number of aliphatic hydroxyl groups is 1. The zero-order valence-electron chi connectivity index (χ0n) is 12.3. The zero-order chi connectivity index (χ0) is 14.1. The first-order valence-electron chi connectivity index (χ1n) is 7.92. The number of ether oxygens (including phenoxy) is 1. The van der Waals surface area contributed by atoms with E-state index in [4.69, 9.17) is 4.74 Å². The van der Waals surface area contributed by atoms with Crippen LogP contribution >= 0.6 is 0 Å². The van der Waals surface area contributed by atoms with Crippen molar-refractivity contribution in [2.75, 3.05) is 20.2 Å². The number of carbonyl (C=O) groups excluding carboxylic acids is 1. The average molecular weight is 282 g/mol. The largest absolute Gasteiger partial charge is 0.453 e. The molecule has 2 aliphatic carbocycles. The van der Waals surface area contributed by atoms with Gasteiger partial charge in [0.2, 0.25) is 0 Å². The van der Waals surface area contributed by atoms with Gasteiger partial charge in [0.1, 0.15) is 0 Å². The molecule has 3 atom stereocenters. The second kappa shape index (κ2) is 5.90. The van der Waals surface area contributed by atoms with E-state index in [1.54, 1.807) is 0 Å². The van der Waals surface area contributed by atoms with Gasteiger partial charge in [-0.3, -0.25) is 4.90 Å². The molecule has 0 radical (unpaired) electrons. The zero-order valence-corrected chi connectivity index (χ0v) is 12.3. The first-order valence-corrected chi connectivity index (χ1v) is 7.92. The molecule has 1 saturated heterocycles. The molecule has 0 aromatic rings. The molecule has 1 amide bonds. The fourth-order valence-electron chi connectivity index (χ4n) is 3.49. The molecule has 20 heavy (non-hydrogen) atoms. The Bertz CT molecular complexity index is 353. The fraction of sp³-hybridized carbons (Fsp3) is 0.933. The van der Waals surface area contributed by atoms with Crippen LogP contribution in [-0.2, 0) is 4.74 Å². The quantitative estimate of drug-likeness (QED) is 0.799. The Morgan fingerprint density at radius 2 is 2.10 bits per heavy atom. The van der Waals surface area contributed by atoms with E-state index in [1.165, 1.54) is 32.8 Å². The summed E-state index contributed by atoms with van der Waals surface area (Å²) in [6, 6.07) is 0.867. The normalized spacial score (nSPS) is 32.7. The lowest BCUT2D eigenvalue weighted by molar-refractivity contribution is 0.0703. The van der Waals surface area contributed by atoms with Gasteiger partial charge in [-0.05, 0) is 50.4 Å². The fourth-order valence-corrected chi connectivity index (χ4v) is 3.49. The van der Waals surface area contributed by atoms with Crippen molar-refractivity contribution < 1.29 is 14.6 Å². The lowest BCUT2D eigenvalue weighted by Gasteiger charge is -2.38. The number of methoxy groups -OCH3 is 1. The molecule has 2 N–H and O–H groups in total. The Hall–Kier alpha value is -0.810. The first kappa shape index (κ1) is 14.1. The van der Waals surface area contributed by atoms with E-state index >= 15 is 0 Å². The van der Waals surface area contributed by atoms with Crippen LogP contribution in [0.1, 0.15) is 38.5 Å². The molecule has 3 fully saturated rings. The van der Waals surface area contributed by atoms with E-state index in [0.717, 1.165) is 25.9 Å². The molecule has 0 aromatic heterocycles. The maximum absolute atomic E-state index is 11.4. The minimum Gasteiger partial charge on any atom is -0.453 e. The van der Waals surface area contributed by atoms with Crippen molar-refractivity contribution in [3.8, 4) is 0 Å². The summed E-state index contributed by atoms with van der Waals surface area (Å²) in [7, 11) is 1.41. The minimum absolute atomic E-state index is 0.141. The van der Waals surface area contributed by atoms with Gasteiger partial charge in [0.25, 0.3) is 0 Å². The number of amides is 1. The van der Waals surface area contributed by atoms with Crippen molar-refractivity contribution in [3.63, 3.8) is 0 Å². The highest BCUT2D eigenvalue weighted by Crippen LogP contribution is 2.38. The Morgan fingerprint density at radius 3 is 2.70 bits per heavy atom. The molecule has 2 saturated carbocycles. The molecular formula is C15H26N2O3. The third-order valence-electron chi connectivity index (χ3n) is 4.88. The van der Waals surface area contributed by atoms with Crippen LogP contribution < -0.4 is 5.32 Å². The minimum atomic E-state index is -0.339. The molecule has 5 nitrogen and oxygen atoms in total. The van der Waals surface area contributed by atoms with E-state index in [0.29, 0.717) is 17.9 Å². The van der Waals surface area contributed by atoms with Crippen LogP contribution in [0.5, 0.6) is 0 Å². The average Bonchev–Trinajstić information content (AvgIpc) is 3.31. The molecule has 114 valence electrons. The van der Waals surface area contributed by atoms with Gasteiger partial charge in [-0.25, -0.2) is 4.79 Å². The Labute approximate surface area is 120 Å². The summed E-state index contributed by atoms with van der Waals surface area (Å²) in [4.78, 5) is 13.9. The van der Waals surface area contributed by atoms with Gasteiger partial charge >= 0.3 is 6.09 Å². The second-order valence-corrected chi connectivity index (χ2v) is 6.76. The molecular weight excluding hydrogens is 256 g/mol. The number of carbonyl (C=O) groups is 1. The lowest BCUT2D eigenvalue weighted by Crippen LogP contribution is -2.52. The summed E-state index contributed by atoms with van der Waals surface area (Å²) in [5.41, 5.74) is 0. The highest BCUT2D eigenvalue weighted by atomic mass is 16.5. The van der Waals surface area contributed by atoms with E-state index in [1.807, 2.05) is 0 Å². The standard InChI is InChI=1S/C15H26N2O3/c1-20-15(19)16-12-6-10(7-14(18)11-2-3-11)8-17(9-12)13-4-5-13/h10-14,18H,2-9H2,1H3,(H,16,19). The molecule has 1 aliphatic heterocycles. The summed E-state index contributed by atoms with van der Waals surface area (Å²) >= 11 is 0. The molecule has 1 heterocycles. The van der Waals surface area contributed by atoms with Gasteiger partial charge in [0, 0.05) is 25.2 Å². The lowest BCUT2D eigenvalue weighted by atomic mass is 9.88. The summed E-state index contributed by atoms with van der Waals surface area (Å²) in [5, 5.41) is 13.1. The van der Waals surface area contributed by atoms with Crippen LogP contribution in [0.3, 0.4) is 0 Å². The number of piperidine rings is 1. The predicted molar refractivity (Wildman–Crippen MR) is 75.4 cm³/mol. The number of alkyl carbamates (subject to hydrolysis) is 1. The smallest absolute Gasteiger partial charge is 0.407 e. The maximum Gasteiger partial charge on any atom is 0.407 e. The van der Waals surface area contributed by atoms with Crippen LogP contribution in [0, 0.1) is 11.8 Å². The topological polar surface area (TPSA) is 61.8 Å². The van der Waals surface area contributed by atoms with Crippen molar-refractivity contribution in [1.29, 1.82) is 0 Å². The number of nitrogens with one attached hydrogen (secondary N) is 1. The summed E-state index contributed by atoms with van der Waals surface area (Å²) in [5.74, 6) is 1.03. The van der Waals surface area contributed by atoms with Crippen LogP contribution in [0.2, 0.25) is 0 Å². The van der Waals surface area contributed by atoms with Gasteiger partial charge in [-0.1, -0.05) is 0 Å². The molecule has 3 unspecified atom stereocenters. The van der Waals surface area contributed by atoms with Crippen LogP contribution in [0.15, 0.2) is 0 Å². The molecule has 5 heteroatoms. The maximum atomic E-state index is 11.4. The third kappa shape index (κ3) is 3.64. The van der Waals surface area contributed by atoms with E-state index in [-0.39, 0.29) is 18.2 Å². The van der Waals surface area contributed by atoms with Gasteiger partial charge in [0.15, 0.2) is 0 Å². The second-order valence-electron chi connectivity index (χ2n) is 6.76. The Morgan fingerprint density at radius 1 is 1.35 bits per heavy atom. The van der Waals surface area contributed by atoms with Crippen molar-refractivity contribution in [1.82, 2.24) is 10.2 Å². The van der Waals surface area contributed by atoms with Gasteiger partial charge in [0.05, 0.1) is 13.2 Å². The van der Waals surface area contributed by atoms with Crippen LogP contribution in [0.4, 0.5) is 4.79 Å². The van der Waals surface area contributed by atoms with Gasteiger partial charge in [-0.2, -0.15) is 0 Å². The molecule has 0 spiro atoms. The van der Waals surface area contributed by atoms with Crippen LogP contribution in [0.25, 0.3) is 0 Å². The number of likely N-dealkylation sites (tertiary alicyclic amines) is 1. The van der Waals surface area contributed by atoms with E-state index in [9.17, 15) is 9.90 Å². The Balaban J connectivity index is 1.55. The van der Waals surface area contributed by atoms with E-state index < -0.39 is 0 Å². The predicted octanol–water partition coefficient (Wildman–Crippen LogP) is 1.36. The first-order chi connectivity index (χ1) is 9.65. The van der Waals surface area contributed by atoms with Crippen molar-refractivity contribution >= 4 is 6.09 Å². The van der Waals surface area contributed by atoms with Crippen molar-refractivity contribution in [2.24, 2.45) is 11.8 Å². The highest BCUT2D eigenvalue weighted by molar-refractivity contribution is 5.67. The number of hydrogen-bond donors (Lipinski definition) is 2. The summed E-state index contributed by atoms with van der Waals surface area (Å²) < 4.78 is 4.71. The SMILES string of the molecule is COC(=O)NC1CC(CC(O)C2CC2)CN(C2CC2)C1. The molecule has 0 aromatic carbocycles. The number of nitrogens with zero attached hydrogens (tertiary/aromatic N) is 1. The van der Waals surface area contributed by atoms with Crippen molar-refractivity contribution in [3.05, 3.63) is 0 Å². The van der Waals surface area contributed by atoms with Crippen molar-refractivity contribution in [2.45, 2.75) is 56.7 Å². The molecule has 0 bridgehead atoms. The number of rotatable bonds is 5.